The van der Waals surface area contributed by atoms with Gasteiger partial charge in [0, 0.05) is 30.8 Å². The number of carbonyl (C=O) groups excluding carboxylic acids is 1. The largest absolute Gasteiger partial charge is 0.484 e. The Bertz CT molecular complexity index is 820. The van der Waals surface area contributed by atoms with Crippen LogP contribution in [-0.4, -0.2) is 52.4 Å². The van der Waals surface area contributed by atoms with Gasteiger partial charge in [-0.3, -0.25) is 14.3 Å². The number of H-pyrrole nitrogens is 1. The molecule has 8 heteroatoms. The lowest BCUT2D eigenvalue weighted by atomic mass is 9.89. The second-order valence-electron chi connectivity index (χ2n) is 7.98. The number of halogens is 2. The Labute approximate surface area is 168 Å². The minimum atomic E-state index is -0.521. The fraction of sp³-hybridized carbons (Fsp3) is 0.571. The molecule has 4 rings (SSSR count). The zero-order valence-corrected chi connectivity index (χ0v) is 16.3. The number of nitrogens with zero attached hydrogens (tertiary/aromatic N) is 3. The molecular formula is C21H26F2N4O2. The van der Waals surface area contributed by atoms with Crippen LogP contribution in [0.15, 0.2) is 24.3 Å². The Kier molecular flexibility index (Phi) is 6.06. The molecule has 1 saturated carbocycles. The number of hydrogen-bond acceptors (Lipinski definition) is 4. The molecule has 0 spiro atoms. The molecule has 29 heavy (non-hydrogen) atoms. The number of aromatic amines is 1. The number of benzene rings is 1. The van der Waals surface area contributed by atoms with Crippen LogP contribution in [0.3, 0.4) is 0 Å². The predicted octanol–water partition coefficient (Wildman–Crippen LogP) is 3.58. The maximum atomic E-state index is 13.7. The number of amides is 1. The van der Waals surface area contributed by atoms with Crippen molar-refractivity contribution in [3.63, 3.8) is 0 Å². The number of aromatic nitrogens is 3. The first-order valence-electron chi connectivity index (χ1n) is 10.3. The number of ether oxygens (including phenoxy) is 1. The Hall–Kier alpha value is -2.51. The second kappa shape index (κ2) is 8.88. The number of nitrogens with one attached hydrogen (secondary N) is 1. The second-order valence-corrected chi connectivity index (χ2v) is 7.98. The van der Waals surface area contributed by atoms with Gasteiger partial charge in [-0.2, -0.15) is 5.10 Å². The van der Waals surface area contributed by atoms with Crippen LogP contribution >= 0.6 is 0 Å². The summed E-state index contributed by atoms with van der Waals surface area (Å²) >= 11 is 0. The summed E-state index contributed by atoms with van der Waals surface area (Å²) in [5, 5.41) is 7.39. The van der Waals surface area contributed by atoms with Crippen molar-refractivity contribution in [2.45, 2.75) is 43.9 Å². The van der Waals surface area contributed by atoms with Gasteiger partial charge in [-0.25, -0.2) is 9.37 Å². The molecule has 1 amide bonds. The molecule has 0 bridgehead atoms. The van der Waals surface area contributed by atoms with Gasteiger partial charge in [0.1, 0.15) is 17.4 Å². The van der Waals surface area contributed by atoms with Gasteiger partial charge in [0.05, 0.1) is 6.67 Å². The van der Waals surface area contributed by atoms with Crippen LogP contribution < -0.4 is 4.74 Å². The summed E-state index contributed by atoms with van der Waals surface area (Å²) in [5.74, 6) is 1.20. The van der Waals surface area contributed by atoms with Gasteiger partial charge in [-0.15, -0.1) is 0 Å². The van der Waals surface area contributed by atoms with Crippen LogP contribution in [0.5, 0.6) is 5.75 Å². The highest BCUT2D eigenvalue weighted by atomic mass is 19.1. The van der Waals surface area contributed by atoms with Gasteiger partial charge >= 0.3 is 0 Å². The van der Waals surface area contributed by atoms with E-state index < -0.39 is 6.67 Å². The number of likely N-dealkylation sites (tertiary alicyclic amines) is 1. The zero-order chi connectivity index (χ0) is 20.2. The molecule has 1 aliphatic heterocycles. The van der Waals surface area contributed by atoms with Gasteiger partial charge in [-0.1, -0.05) is 19.3 Å². The molecule has 0 radical (unpaired) electrons. The fourth-order valence-corrected chi connectivity index (χ4v) is 4.31. The highest BCUT2D eigenvalue weighted by molar-refractivity contribution is 5.78. The van der Waals surface area contributed by atoms with E-state index in [-0.39, 0.29) is 30.2 Å². The first-order chi connectivity index (χ1) is 14.1. The highest BCUT2D eigenvalue weighted by Gasteiger charge is 2.38. The monoisotopic (exact) mass is 404 g/mol. The lowest BCUT2D eigenvalue weighted by Gasteiger charge is -2.18. The molecule has 2 atom stereocenters. The maximum Gasteiger partial charge on any atom is 0.260 e. The van der Waals surface area contributed by atoms with E-state index in [4.69, 9.17) is 4.74 Å². The molecule has 2 aliphatic rings. The van der Waals surface area contributed by atoms with Crippen molar-refractivity contribution in [2.24, 2.45) is 5.92 Å². The molecule has 6 nitrogen and oxygen atoms in total. The van der Waals surface area contributed by atoms with Crippen LogP contribution in [0.25, 0.3) is 0 Å². The van der Waals surface area contributed by atoms with E-state index >= 15 is 0 Å². The van der Waals surface area contributed by atoms with Crippen molar-refractivity contribution < 1.29 is 18.3 Å². The highest BCUT2D eigenvalue weighted by Crippen LogP contribution is 2.34. The van der Waals surface area contributed by atoms with Crippen LogP contribution in [0, 0.1) is 11.7 Å². The van der Waals surface area contributed by atoms with Crippen LogP contribution in [0.1, 0.15) is 55.6 Å². The van der Waals surface area contributed by atoms with E-state index in [1.807, 2.05) is 0 Å². The molecule has 0 unspecified atom stereocenters. The summed E-state index contributed by atoms with van der Waals surface area (Å²) in [6.45, 7) is 0.0273. The molecule has 1 saturated heterocycles. The molecule has 1 N–H and O–H groups in total. The van der Waals surface area contributed by atoms with E-state index in [9.17, 15) is 13.6 Å². The van der Waals surface area contributed by atoms with E-state index in [2.05, 4.69) is 15.2 Å². The van der Waals surface area contributed by atoms with Gasteiger partial charge in [-0.05, 0) is 37.1 Å². The van der Waals surface area contributed by atoms with Crippen molar-refractivity contribution in [2.75, 3.05) is 26.4 Å². The van der Waals surface area contributed by atoms with Crippen LogP contribution in [0.2, 0.25) is 0 Å². The topological polar surface area (TPSA) is 71.1 Å². The summed E-state index contributed by atoms with van der Waals surface area (Å²) < 4.78 is 32.1. The molecule has 156 valence electrons. The van der Waals surface area contributed by atoms with Gasteiger partial charge < -0.3 is 9.64 Å². The van der Waals surface area contributed by atoms with E-state index in [0.717, 1.165) is 18.7 Å². The van der Waals surface area contributed by atoms with Gasteiger partial charge in [0.15, 0.2) is 12.4 Å². The van der Waals surface area contributed by atoms with Crippen molar-refractivity contribution in [1.82, 2.24) is 20.1 Å². The summed E-state index contributed by atoms with van der Waals surface area (Å²) in [6, 6.07) is 5.50. The Morgan fingerprint density at radius 2 is 1.93 bits per heavy atom. The minimum absolute atomic E-state index is 0.166. The van der Waals surface area contributed by atoms with E-state index in [0.29, 0.717) is 30.6 Å². The summed E-state index contributed by atoms with van der Waals surface area (Å²) in [6.07, 6.45) is 5.85. The number of carbonyl (C=O) groups is 1. The average molecular weight is 404 g/mol. The van der Waals surface area contributed by atoms with E-state index in [1.54, 1.807) is 4.90 Å². The van der Waals surface area contributed by atoms with Gasteiger partial charge in [0.25, 0.3) is 5.91 Å². The third kappa shape index (κ3) is 4.57. The third-order valence-electron chi connectivity index (χ3n) is 6.01. The van der Waals surface area contributed by atoms with Crippen molar-refractivity contribution in [1.29, 1.82) is 0 Å². The van der Waals surface area contributed by atoms with Crippen molar-refractivity contribution in [3.05, 3.63) is 41.7 Å². The van der Waals surface area contributed by atoms with E-state index in [1.165, 1.54) is 43.5 Å². The fourth-order valence-electron chi connectivity index (χ4n) is 4.31. The molecular weight excluding hydrogens is 378 g/mol. The number of alkyl halides is 1. The summed E-state index contributed by atoms with van der Waals surface area (Å²) in [5.41, 5.74) is 0. The van der Waals surface area contributed by atoms with Crippen molar-refractivity contribution >= 4 is 5.91 Å². The number of rotatable bonds is 6. The average Bonchev–Trinajstić information content (AvgIpc) is 3.41. The smallest absolute Gasteiger partial charge is 0.260 e. The lowest BCUT2D eigenvalue weighted by molar-refractivity contribution is -0.132. The summed E-state index contributed by atoms with van der Waals surface area (Å²) in [7, 11) is 0. The normalized spacial score (nSPS) is 22.8. The first kappa shape index (κ1) is 19.8. The zero-order valence-electron chi connectivity index (χ0n) is 16.3. The molecule has 1 aromatic carbocycles. The van der Waals surface area contributed by atoms with Crippen molar-refractivity contribution in [3.8, 4) is 5.75 Å². The molecule has 2 fully saturated rings. The first-order valence-corrected chi connectivity index (χ1v) is 10.3. The number of hydrogen-bond donors (Lipinski definition) is 1. The summed E-state index contributed by atoms with van der Waals surface area (Å²) in [4.78, 5) is 18.8. The quantitative estimate of drug-likeness (QED) is 0.799. The maximum absolute atomic E-state index is 13.7. The minimum Gasteiger partial charge on any atom is -0.484 e. The Morgan fingerprint density at radius 3 is 2.66 bits per heavy atom. The Morgan fingerprint density at radius 1 is 1.17 bits per heavy atom. The molecule has 2 aromatic rings. The van der Waals surface area contributed by atoms with Crippen LogP contribution in [0.4, 0.5) is 8.78 Å². The van der Waals surface area contributed by atoms with Gasteiger partial charge in [0.2, 0.25) is 0 Å². The molecule has 1 aromatic heterocycles. The molecule has 2 heterocycles. The SMILES string of the molecule is O=C(COc1ccc(F)cc1)N1C[C@@H](CF)[C@H](c2nc(C3CCCCC3)n[nH]2)C1. The predicted molar refractivity (Wildman–Crippen MR) is 103 cm³/mol. The lowest BCUT2D eigenvalue weighted by Crippen LogP contribution is -2.33. The Balaban J connectivity index is 1.37. The standard InChI is InChI=1S/C21H26F2N4O2/c22-10-15-11-27(19(28)13-29-17-8-6-16(23)7-9-17)12-18(15)21-24-20(25-26-21)14-4-2-1-3-5-14/h6-9,14-15,18H,1-5,10-13H2,(H,24,25,26)/t15-,18-/m1/s1. The molecule has 1 aliphatic carbocycles. The third-order valence-corrected chi connectivity index (χ3v) is 6.01. The van der Waals surface area contributed by atoms with Crippen LogP contribution in [-0.2, 0) is 4.79 Å².